The first kappa shape index (κ1) is 11.6. The predicted octanol–water partition coefficient (Wildman–Crippen LogP) is 1.94. The molecule has 0 aliphatic heterocycles. The van der Waals surface area contributed by atoms with Gasteiger partial charge in [0.15, 0.2) is 0 Å². The molecule has 0 amide bonds. The van der Waals surface area contributed by atoms with Gasteiger partial charge in [0, 0.05) is 6.20 Å². The van der Waals surface area contributed by atoms with Gasteiger partial charge in [0.05, 0.1) is 0 Å². The molecular formula is C7H4ClF3N2O2. The van der Waals surface area contributed by atoms with Gasteiger partial charge in [-0.05, 0) is 17.7 Å². The number of hydrogen-bond acceptors (Lipinski definition) is 4. The average molecular weight is 241 g/mol. The number of nitrogens with two attached hydrogens (primary N) is 1. The summed E-state index contributed by atoms with van der Waals surface area (Å²) in [5.74, 6) is -1.19. The van der Waals surface area contributed by atoms with E-state index in [0.717, 1.165) is 12.3 Å². The molecule has 0 radical (unpaired) electrons. The van der Waals surface area contributed by atoms with Gasteiger partial charge in [0.1, 0.15) is 17.1 Å². The third-order valence-corrected chi connectivity index (χ3v) is 1.55. The third-order valence-electron chi connectivity index (χ3n) is 1.36. The van der Waals surface area contributed by atoms with Gasteiger partial charge in [-0.25, -0.2) is 4.98 Å². The largest absolute Gasteiger partial charge is 0.573 e. The SMILES string of the molecule is Nc1nccc(OC(F)(F)F)c1C(=O)Cl. The number of pyridine rings is 1. The van der Waals surface area contributed by atoms with Crippen LogP contribution in [0.25, 0.3) is 0 Å². The molecule has 0 fully saturated rings. The molecule has 1 rings (SSSR count). The molecule has 0 unspecified atom stereocenters. The molecule has 1 heterocycles. The zero-order valence-corrected chi connectivity index (χ0v) is 7.76. The Bertz CT molecular complexity index is 394. The van der Waals surface area contributed by atoms with Crippen LogP contribution in [0, 0.1) is 0 Å². The number of rotatable bonds is 2. The zero-order chi connectivity index (χ0) is 11.6. The summed E-state index contributed by atoms with van der Waals surface area (Å²) in [7, 11) is 0. The summed E-state index contributed by atoms with van der Waals surface area (Å²) >= 11 is 5.04. The summed E-state index contributed by atoms with van der Waals surface area (Å²) in [6.45, 7) is 0. The standard InChI is InChI=1S/C7H4ClF3N2O2/c8-5(14)4-3(15-7(9,10)11)1-2-13-6(4)12/h1-2H,(H2,12,13). The van der Waals surface area contributed by atoms with E-state index in [9.17, 15) is 18.0 Å². The number of anilines is 1. The van der Waals surface area contributed by atoms with Crippen LogP contribution in [0.4, 0.5) is 19.0 Å². The Hall–Kier alpha value is -1.50. The first-order valence-electron chi connectivity index (χ1n) is 3.51. The molecule has 0 atom stereocenters. The first-order chi connectivity index (χ1) is 6.81. The lowest BCUT2D eigenvalue weighted by Crippen LogP contribution is -2.19. The minimum atomic E-state index is -4.92. The van der Waals surface area contributed by atoms with Crippen molar-refractivity contribution in [3.8, 4) is 5.75 Å². The van der Waals surface area contributed by atoms with Crippen LogP contribution >= 0.6 is 11.6 Å². The molecule has 82 valence electrons. The quantitative estimate of drug-likeness (QED) is 0.803. The molecule has 0 aliphatic rings. The summed E-state index contributed by atoms with van der Waals surface area (Å²) in [5, 5.41) is -1.17. The van der Waals surface area contributed by atoms with Crippen molar-refractivity contribution in [2.45, 2.75) is 6.36 Å². The van der Waals surface area contributed by atoms with Crippen molar-refractivity contribution in [1.82, 2.24) is 4.98 Å². The summed E-state index contributed by atoms with van der Waals surface area (Å²) in [6.07, 6.45) is -3.95. The fourth-order valence-corrected chi connectivity index (χ4v) is 1.06. The van der Waals surface area contributed by atoms with Crippen LogP contribution in [0.3, 0.4) is 0 Å². The van der Waals surface area contributed by atoms with Crippen LogP contribution in [0.2, 0.25) is 0 Å². The maximum absolute atomic E-state index is 11.9. The van der Waals surface area contributed by atoms with Crippen molar-refractivity contribution in [2.24, 2.45) is 0 Å². The highest BCUT2D eigenvalue weighted by Crippen LogP contribution is 2.29. The Morgan fingerprint density at radius 2 is 2.13 bits per heavy atom. The molecule has 1 aromatic rings. The van der Waals surface area contributed by atoms with E-state index in [1.54, 1.807) is 0 Å². The average Bonchev–Trinajstić information content (AvgIpc) is 1.99. The number of carbonyl (C=O) groups is 1. The number of ether oxygens (including phenoxy) is 1. The molecule has 2 N–H and O–H groups in total. The van der Waals surface area contributed by atoms with Crippen LogP contribution in [0.1, 0.15) is 10.4 Å². The molecule has 8 heteroatoms. The van der Waals surface area contributed by atoms with Gasteiger partial charge < -0.3 is 10.5 Å². The van der Waals surface area contributed by atoms with Crippen LogP contribution < -0.4 is 10.5 Å². The van der Waals surface area contributed by atoms with Crippen molar-refractivity contribution < 1.29 is 22.7 Å². The highest BCUT2D eigenvalue weighted by Gasteiger charge is 2.33. The molecule has 15 heavy (non-hydrogen) atoms. The topological polar surface area (TPSA) is 65.2 Å². The van der Waals surface area contributed by atoms with E-state index in [4.69, 9.17) is 17.3 Å². The molecule has 0 bridgehead atoms. The fourth-order valence-electron chi connectivity index (χ4n) is 0.867. The van der Waals surface area contributed by atoms with Gasteiger partial charge in [0.25, 0.3) is 5.24 Å². The molecule has 1 aromatic heterocycles. The van der Waals surface area contributed by atoms with E-state index in [1.165, 1.54) is 0 Å². The van der Waals surface area contributed by atoms with E-state index in [1.807, 2.05) is 0 Å². The van der Waals surface area contributed by atoms with Crippen molar-refractivity contribution in [2.75, 3.05) is 5.73 Å². The Kier molecular flexibility index (Phi) is 3.04. The van der Waals surface area contributed by atoms with Crippen LogP contribution in [-0.4, -0.2) is 16.6 Å². The molecule has 0 aliphatic carbocycles. The van der Waals surface area contributed by atoms with E-state index in [-0.39, 0.29) is 0 Å². The van der Waals surface area contributed by atoms with Gasteiger partial charge in [0.2, 0.25) is 0 Å². The van der Waals surface area contributed by atoms with Crippen molar-refractivity contribution >= 4 is 22.7 Å². The van der Waals surface area contributed by atoms with Gasteiger partial charge in [-0.2, -0.15) is 0 Å². The lowest BCUT2D eigenvalue weighted by Gasteiger charge is -2.11. The van der Waals surface area contributed by atoms with Gasteiger partial charge in [-0.3, -0.25) is 4.79 Å². The number of nitrogens with zero attached hydrogens (tertiary/aromatic N) is 1. The Balaban J connectivity index is 3.18. The zero-order valence-electron chi connectivity index (χ0n) is 7.01. The fraction of sp³-hybridized carbons (Fsp3) is 0.143. The van der Waals surface area contributed by atoms with Crippen molar-refractivity contribution in [3.63, 3.8) is 0 Å². The second-order valence-electron chi connectivity index (χ2n) is 2.39. The second-order valence-corrected chi connectivity index (χ2v) is 2.73. The minimum Gasteiger partial charge on any atom is -0.405 e. The van der Waals surface area contributed by atoms with E-state index in [0.29, 0.717) is 0 Å². The summed E-state index contributed by atoms with van der Waals surface area (Å²) in [4.78, 5) is 14.2. The minimum absolute atomic E-state index is 0.420. The van der Waals surface area contributed by atoms with Crippen molar-refractivity contribution in [1.29, 1.82) is 0 Å². The maximum atomic E-state index is 11.9. The van der Waals surface area contributed by atoms with Gasteiger partial charge in [-0.15, -0.1) is 13.2 Å². The van der Waals surface area contributed by atoms with Crippen LogP contribution in [-0.2, 0) is 0 Å². The number of halogens is 4. The molecule has 0 spiro atoms. The normalized spacial score (nSPS) is 11.2. The Labute approximate surface area is 86.8 Å². The summed E-state index contributed by atoms with van der Waals surface area (Å²) in [5.41, 5.74) is 4.58. The van der Waals surface area contributed by atoms with Crippen molar-refractivity contribution in [3.05, 3.63) is 17.8 Å². The van der Waals surface area contributed by atoms with E-state index >= 15 is 0 Å². The van der Waals surface area contributed by atoms with E-state index in [2.05, 4.69) is 9.72 Å². The van der Waals surface area contributed by atoms with Gasteiger partial charge in [-0.1, -0.05) is 0 Å². The molecular weight excluding hydrogens is 237 g/mol. The Morgan fingerprint density at radius 1 is 1.53 bits per heavy atom. The first-order valence-corrected chi connectivity index (χ1v) is 3.89. The second kappa shape index (κ2) is 3.93. The number of nitrogen functional groups attached to an aromatic ring is 1. The number of aromatic nitrogens is 1. The number of hydrogen-bond donors (Lipinski definition) is 1. The number of carbonyl (C=O) groups excluding carboxylic acids is 1. The highest BCUT2D eigenvalue weighted by atomic mass is 35.5. The lowest BCUT2D eigenvalue weighted by molar-refractivity contribution is -0.274. The molecule has 0 saturated heterocycles. The monoisotopic (exact) mass is 240 g/mol. The highest BCUT2D eigenvalue weighted by molar-refractivity contribution is 6.68. The van der Waals surface area contributed by atoms with Gasteiger partial charge >= 0.3 is 6.36 Å². The summed E-state index contributed by atoms with van der Waals surface area (Å²) < 4.78 is 39.2. The summed E-state index contributed by atoms with van der Waals surface area (Å²) in [6, 6.07) is 0.847. The molecule has 0 aromatic carbocycles. The third kappa shape index (κ3) is 2.98. The van der Waals surface area contributed by atoms with Crippen LogP contribution in [0.5, 0.6) is 5.75 Å². The van der Waals surface area contributed by atoms with Crippen LogP contribution in [0.15, 0.2) is 12.3 Å². The smallest absolute Gasteiger partial charge is 0.405 e. The molecule has 0 saturated carbocycles. The maximum Gasteiger partial charge on any atom is 0.573 e. The van der Waals surface area contributed by atoms with E-state index < -0.39 is 28.7 Å². The molecule has 4 nitrogen and oxygen atoms in total. The number of alkyl halides is 3. The predicted molar refractivity (Wildman–Crippen MR) is 45.5 cm³/mol. The Morgan fingerprint density at radius 3 is 2.60 bits per heavy atom. The lowest BCUT2D eigenvalue weighted by atomic mass is 10.2.